The van der Waals surface area contributed by atoms with Crippen molar-refractivity contribution in [3.63, 3.8) is 0 Å². The molecule has 0 fully saturated rings. The van der Waals surface area contributed by atoms with Gasteiger partial charge in [-0.15, -0.1) is 0 Å². The molecular formula is C22H21N3O3. The van der Waals surface area contributed by atoms with E-state index in [4.69, 9.17) is 4.42 Å². The monoisotopic (exact) mass is 375 g/mol. The van der Waals surface area contributed by atoms with Crippen LogP contribution in [0.15, 0.2) is 70.1 Å². The van der Waals surface area contributed by atoms with Crippen molar-refractivity contribution < 1.29 is 14.0 Å². The number of aliphatic imine (C=N–C) groups is 1. The van der Waals surface area contributed by atoms with Crippen LogP contribution in [-0.2, 0) is 16.1 Å². The van der Waals surface area contributed by atoms with Crippen molar-refractivity contribution in [2.75, 3.05) is 5.32 Å². The minimum atomic E-state index is -0.730. The molecule has 6 nitrogen and oxygen atoms in total. The van der Waals surface area contributed by atoms with Gasteiger partial charge in [-0.25, -0.2) is 0 Å². The Kier molecular flexibility index (Phi) is 6.01. The molecule has 0 aliphatic rings. The SMILES string of the molecule is Cc1ccc(N=Cc2ccc(CNC(=O)C(=O)Nc3ccc(C)cc3)o2)cc1. The summed E-state index contributed by atoms with van der Waals surface area (Å²) in [5.41, 5.74) is 3.63. The molecule has 0 unspecified atom stereocenters. The number of hydrogen-bond acceptors (Lipinski definition) is 4. The lowest BCUT2D eigenvalue weighted by Crippen LogP contribution is -2.34. The van der Waals surface area contributed by atoms with Crippen LogP contribution in [0, 0.1) is 13.8 Å². The van der Waals surface area contributed by atoms with Crippen LogP contribution in [0.3, 0.4) is 0 Å². The van der Waals surface area contributed by atoms with Crippen molar-refractivity contribution in [2.45, 2.75) is 20.4 Å². The molecule has 0 bridgehead atoms. The molecule has 0 saturated heterocycles. The number of hydrogen-bond donors (Lipinski definition) is 2. The Morgan fingerprint density at radius 2 is 1.54 bits per heavy atom. The lowest BCUT2D eigenvalue weighted by atomic mass is 10.2. The lowest BCUT2D eigenvalue weighted by Gasteiger charge is -2.05. The van der Waals surface area contributed by atoms with Gasteiger partial charge < -0.3 is 15.1 Å². The van der Waals surface area contributed by atoms with Crippen molar-refractivity contribution >= 4 is 29.4 Å². The highest BCUT2D eigenvalue weighted by molar-refractivity contribution is 6.39. The number of amides is 2. The highest BCUT2D eigenvalue weighted by Crippen LogP contribution is 2.13. The molecule has 28 heavy (non-hydrogen) atoms. The van der Waals surface area contributed by atoms with Gasteiger partial charge in [0.2, 0.25) is 0 Å². The molecule has 0 spiro atoms. The minimum Gasteiger partial charge on any atom is -0.458 e. The molecule has 142 valence electrons. The largest absolute Gasteiger partial charge is 0.458 e. The molecule has 1 aromatic heterocycles. The maximum absolute atomic E-state index is 11.9. The first-order chi connectivity index (χ1) is 13.5. The number of nitrogens with one attached hydrogen (secondary N) is 2. The van der Waals surface area contributed by atoms with Crippen molar-refractivity contribution in [3.05, 3.63) is 83.3 Å². The van der Waals surface area contributed by atoms with Gasteiger partial charge in [0, 0.05) is 5.69 Å². The van der Waals surface area contributed by atoms with Crippen LogP contribution in [0.25, 0.3) is 0 Å². The van der Waals surface area contributed by atoms with Gasteiger partial charge in [0.25, 0.3) is 0 Å². The first-order valence-corrected chi connectivity index (χ1v) is 8.85. The summed E-state index contributed by atoms with van der Waals surface area (Å²) in [6.07, 6.45) is 1.61. The van der Waals surface area contributed by atoms with E-state index in [1.807, 2.05) is 50.2 Å². The predicted molar refractivity (Wildman–Crippen MR) is 109 cm³/mol. The van der Waals surface area contributed by atoms with E-state index in [1.54, 1.807) is 30.5 Å². The Balaban J connectivity index is 1.50. The molecular weight excluding hydrogens is 354 g/mol. The topological polar surface area (TPSA) is 83.7 Å². The molecule has 0 radical (unpaired) electrons. The Labute approximate surface area is 163 Å². The number of carbonyl (C=O) groups is 2. The van der Waals surface area contributed by atoms with Crippen LogP contribution in [0.1, 0.15) is 22.6 Å². The third-order valence-electron chi connectivity index (χ3n) is 4.00. The summed E-state index contributed by atoms with van der Waals surface area (Å²) in [6.45, 7) is 4.07. The second-order valence-electron chi connectivity index (χ2n) is 6.40. The van der Waals surface area contributed by atoms with Gasteiger partial charge in [0.15, 0.2) is 0 Å². The van der Waals surface area contributed by atoms with Crippen molar-refractivity contribution in [2.24, 2.45) is 4.99 Å². The van der Waals surface area contributed by atoms with Crippen LogP contribution in [-0.4, -0.2) is 18.0 Å². The van der Waals surface area contributed by atoms with Gasteiger partial charge in [-0.1, -0.05) is 35.4 Å². The van der Waals surface area contributed by atoms with Gasteiger partial charge in [-0.05, 0) is 50.2 Å². The molecule has 0 aliphatic carbocycles. The highest BCUT2D eigenvalue weighted by atomic mass is 16.3. The van der Waals surface area contributed by atoms with Gasteiger partial charge in [0.1, 0.15) is 11.5 Å². The Morgan fingerprint density at radius 3 is 2.21 bits per heavy atom. The van der Waals surface area contributed by atoms with E-state index in [1.165, 1.54) is 5.56 Å². The zero-order valence-electron chi connectivity index (χ0n) is 15.7. The van der Waals surface area contributed by atoms with Crippen LogP contribution in [0.5, 0.6) is 0 Å². The van der Waals surface area contributed by atoms with E-state index < -0.39 is 11.8 Å². The molecule has 0 atom stereocenters. The number of nitrogens with zero attached hydrogens (tertiary/aromatic N) is 1. The van der Waals surface area contributed by atoms with Crippen LogP contribution in [0.4, 0.5) is 11.4 Å². The number of benzene rings is 2. The Hall–Kier alpha value is -3.67. The molecule has 0 saturated carbocycles. The highest BCUT2D eigenvalue weighted by Gasteiger charge is 2.14. The zero-order chi connectivity index (χ0) is 19.9. The first kappa shape index (κ1) is 19.1. The van der Waals surface area contributed by atoms with E-state index in [-0.39, 0.29) is 6.54 Å². The van der Waals surface area contributed by atoms with E-state index in [2.05, 4.69) is 15.6 Å². The normalized spacial score (nSPS) is 10.8. The number of carbonyl (C=O) groups excluding carboxylic acids is 2. The van der Waals surface area contributed by atoms with Crippen molar-refractivity contribution in [3.8, 4) is 0 Å². The predicted octanol–water partition coefficient (Wildman–Crippen LogP) is 3.90. The maximum Gasteiger partial charge on any atom is 0.313 e. The van der Waals surface area contributed by atoms with Crippen LogP contribution in [0.2, 0.25) is 0 Å². The molecule has 1 heterocycles. The Bertz CT molecular complexity index is 987. The average Bonchev–Trinajstić information content (AvgIpc) is 3.15. The fraction of sp³-hybridized carbons (Fsp3) is 0.136. The first-order valence-electron chi connectivity index (χ1n) is 8.85. The third-order valence-corrected chi connectivity index (χ3v) is 4.00. The zero-order valence-corrected chi connectivity index (χ0v) is 15.7. The van der Waals surface area contributed by atoms with E-state index in [0.717, 1.165) is 11.3 Å². The Morgan fingerprint density at radius 1 is 0.893 bits per heavy atom. The minimum absolute atomic E-state index is 0.110. The molecule has 2 aromatic carbocycles. The number of furan rings is 1. The summed E-state index contributed by atoms with van der Waals surface area (Å²) in [5.74, 6) is -0.362. The summed E-state index contributed by atoms with van der Waals surface area (Å²) in [4.78, 5) is 28.2. The molecule has 2 amide bonds. The molecule has 3 aromatic rings. The maximum atomic E-state index is 11.9. The van der Waals surface area contributed by atoms with Gasteiger partial charge in [0.05, 0.1) is 18.4 Å². The summed E-state index contributed by atoms with van der Waals surface area (Å²) < 4.78 is 5.59. The smallest absolute Gasteiger partial charge is 0.313 e. The lowest BCUT2D eigenvalue weighted by molar-refractivity contribution is -0.136. The fourth-order valence-corrected chi connectivity index (χ4v) is 2.40. The van der Waals surface area contributed by atoms with Crippen LogP contribution >= 0.6 is 0 Å². The molecule has 2 N–H and O–H groups in total. The second kappa shape index (κ2) is 8.81. The second-order valence-corrected chi connectivity index (χ2v) is 6.40. The standard InChI is InChI=1S/C22H21N3O3/c1-15-3-7-17(8-4-15)23-13-19-11-12-20(28-19)14-24-21(26)22(27)25-18-9-5-16(2)6-10-18/h3-13H,14H2,1-2H3,(H,24,26)(H,25,27). The van der Waals surface area contributed by atoms with Crippen molar-refractivity contribution in [1.82, 2.24) is 5.32 Å². The van der Waals surface area contributed by atoms with E-state index >= 15 is 0 Å². The van der Waals surface area contributed by atoms with Gasteiger partial charge in [-0.2, -0.15) is 0 Å². The van der Waals surface area contributed by atoms with Gasteiger partial charge >= 0.3 is 11.8 Å². The molecule has 6 heteroatoms. The van der Waals surface area contributed by atoms with E-state index in [9.17, 15) is 9.59 Å². The van der Waals surface area contributed by atoms with E-state index in [0.29, 0.717) is 17.2 Å². The summed E-state index contributed by atoms with van der Waals surface area (Å²) >= 11 is 0. The number of rotatable bonds is 5. The summed E-state index contributed by atoms with van der Waals surface area (Å²) in [5, 5.41) is 5.08. The van der Waals surface area contributed by atoms with Crippen molar-refractivity contribution in [1.29, 1.82) is 0 Å². The summed E-state index contributed by atoms with van der Waals surface area (Å²) in [6, 6.07) is 18.5. The molecule has 3 rings (SSSR count). The fourth-order valence-electron chi connectivity index (χ4n) is 2.40. The quantitative estimate of drug-likeness (QED) is 0.524. The van der Waals surface area contributed by atoms with Crippen LogP contribution < -0.4 is 10.6 Å². The summed E-state index contributed by atoms with van der Waals surface area (Å²) in [7, 11) is 0. The molecule has 0 aliphatic heterocycles. The van der Waals surface area contributed by atoms with Gasteiger partial charge in [-0.3, -0.25) is 14.6 Å². The average molecular weight is 375 g/mol. The number of aryl methyl sites for hydroxylation is 2. The number of anilines is 1. The third kappa shape index (κ3) is 5.41.